The quantitative estimate of drug-likeness (QED) is 0.802. The number of hydrogen-bond acceptors (Lipinski definition) is 3. The number of carbonyl (C=O) groups is 1. The van der Waals surface area contributed by atoms with Crippen LogP contribution in [0.25, 0.3) is 0 Å². The molecule has 0 saturated carbocycles. The molecule has 0 bridgehead atoms. The lowest BCUT2D eigenvalue weighted by Gasteiger charge is -2.28. The Bertz CT molecular complexity index is 245. The van der Waals surface area contributed by atoms with Gasteiger partial charge in [0, 0.05) is 6.04 Å². The molecule has 94 valence electrons. The van der Waals surface area contributed by atoms with E-state index in [-0.39, 0.29) is 18.1 Å². The van der Waals surface area contributed by atoms with Crippen molar-refractivity contribution in [2.45, 2.75) is 52.4 Å². The second kappa shape index (κ2) is 5.92. The van der Waals surface area contributed by atoms with Crippen molar-refractivity contribution in [2.24, 2.45) is 5.92 Å². The molecular formula is C12H24N2OS. The maximum absolute atomic E-state index is 12.2. The largest absolute Gasteiger partial charge is 0.323 e. The zero-order valence-electron chi connectivity index (χ0n) is 11.0. The number of amides is 1. The first-order valence-electron chi connectivity index (χ1n) is 6.06. The molecule has 0 aliphatic carbocycles. The van der Waals surface area contributed by atoms with Crippen LogP contribution in [0.5, 0.6) is 0 Å². The molecule has 0 spiro atoms. The number of rotatable bonds is 5. The normalized spacial score (nSPS) is 27.9. The summed E-state index contributed by atoms with van der Waals surface area (Å²) in [7, 11) is 0. The van der Waals surface area contributed by atoms with Crippen LogP contribution in [0.2, 0.25) is 0 Å². The van der Waals surface area contributed by atoms with Crippen molar-refractivity contribution in [1.82, 2.24) is 10.2 Å². The fraction of sp³-hybridized carbons (Fsp3) is 0.917. The lowest BCUT2D eigenvalue weighted by atomic mass is 10.0. The molecule has 3 unspecified atom stereocenters. The van der Waals surface area contributed by atoms with E-state index in [0.29, 0.717) is 12.0 Å². The Balaban J connectivity index is 2.63. The third-order valence-electron chi connectivity index (χ3n) is 3.24. The fourth-order valence-electron chi connectivity index (χ4n) is 2.27. The third kappa shape index (κ3) is 2.92. The average Bonchev–Trinajstić information content (AvgIpc) is 2.51. The highest BCUT2D eigenvalue weighted by Crippen LogP contribution is 2.21. The Morgan fingerprint density at radius 1 is 1.44 bits per heavy atom. The average molecular weight is 244 g/mol. The van der Waals surface area contributed by atoms with Gasteiger partial charge in [0.05, 0.1) is 12.2 Å². The molecule has 1 N–H and O–H groups in total. The fourth-order valence-corrected chi connectivity index (χ4v) is 2.84. The molecule has 1 saturated heterocycles. The highest BCUT2D eigenvalue weighted by molar-refractivity contribution is 7.98. The summed E-state index contributed by atoms with van der Waals surface area (Å²) in [5.74, 6) is 1.76. The second-order valence-electron chi connectivity index (χ2n) is 4.94. The van der Waals surface area contributed by atoms with Crippen LogP contribution in [0.4, 0.5) is 0 Å². The van der Waals surface area contributed by atoms with Gasteiger partial charge in [-0.15, -0.1) is 0 Å². The SMILES string of the molecule is CSCCC(C)N1C(=O)C(C(C)C)NC1C. The van der Waals surface area contributed by atoms with Crippen molar-refractivity contribution in [3.05, 3.63) is 0 Å². The minimum absolute atomic E-state index is 0.00623. The van der Waals surface area contributed by atoms with Crippen LogP contribution in [0.15, 0.2) is 0 Å². The molecule has 1 rings (SSSR count). The van der Waals surface area contributed by atoms with Gasteiger partial charge in [-0.1, -0.05) is 13.8 Å². The molecule has 1 fully saturated rings. The summed E-state index contributed by atoms with van der Waals surface area (Å²) in [6.45, 7) is 8.42. The van der Waals surface area contributed by atoms with Gasteiger partial charge >= 0.3 is 0 Å². The van der Waals surface area contributed by atoms with Crippen LogP contribution in [0, 0.1) is 5.92 Å². The van der Waals surface area contributed by atoms with Gasteiger partial charge in [0.2, 0.25) is 5.91 Å². The van der Waals surface area contributed by atoms with E-state index in [1.54, 1.807) is 0 Å². The van der Waals surface area contributed by atoms with Crippen LogP contribution in [-0.2, 0) is 4.79 Å². The molecule has 16 heavy (non-hydrogen) atoms. The minimum atomic E-state index is 0.00623. The van der Waals surface area contributed by atoms with Crippen molar-refractivity contribution in [2.75, 3.05) is 12.0 Å². The Labute approximate surface area is 103 Å². The van der Waals surface area contributed by atoms with Crippen LogP contribution < -0.4 is 5.32 Å². The monoisotopic (exact) mass is 244 g/mol. The van der Waals surface area contributed by atoms with Crippen molar-refractivity contribution in [3.8, 4) is 0 Å². The standard InChI is InChI=1S/C12H24N2OS/c1-8(2)11-12(15)14(10(4)13-11)9(3)6-7-16-5/h8-11,13H,6-7H2,1-5H3. The zero-order valence-corrected chi connectivity index (χ0v) is 11.8. The van der Waals surface area contributed by atoms with E-state index in [4.69, 9.17) is 0 Å². The summed E-state index contributed by atoms with van der Waals surface area (Å²) >= 11 is 1.84. The highest BCUT2D eigenvalue weighted by Gasteiger charge is 2.39. The van der Waals surface area contributed by atoms with E-state index in [1.165, 1.54) is 0 Å². The van der Waals surface area contributed by atoms with Crippen molar-refractivity contribution >= 4 is 17.7 Å². The van der Waals surface area contributed by atoms with Crippen LogP contribution >= 0.6 is 11.8 Å². The maximum atomic E-state index is 12.2. The van der Waals surface area contributed by atoms with Gasteiger partial charge in [-0.2, -0.15) is 11.8 Å². The van der Waals surface area contributed by atoms with Gasteiger partial charge in [0.15, 0.2) is 0 Å². The molecule has 0 aromatic rings. The lowest BCUT2D eigenvalue weighted by molar-refractivity contribution is -0.132. The number of nitrogens with zero attached hydrogens (tertiary/aromatic N) is 1. The molecular weight excluding hydrogens is 220 g/mol. The number of nitrogens with one attached hydrogen (secondary N) is 1. The Hall–Kier alpha value is -0.220. The van der Waals surface area contributed by atoms with E-state index in [0.717, 1.165) is 12.2 Å². The number of hydrogen-bond donors (Lipinski definition) is 1. The van der Waals surface area contributed by atoms with E-state index >= 15 is 0 Å². The number of carbonyl (C=O) groups excluding carboxylic acids is 1. The molecule has 3 nitrogen and oxygen atoms in total. The predicted molar refractivity (Wildman–Crippen MR) is 70.5 cm³/mol. The molecule has 4 heteroatoms. The predicted octanol–water partition coefficient (Wildman–Crippen LogP) is 1.93. The highest BCUT2D eigenvalue weighted by atomic mass is 32.2. The minimum Gasteiger partial charge on any atom is -0.323 e. The second-order valence-corrected chi connectivity index (χ2v) is 5.93. The van der Waals surface area contributed by atoms with Crippen LogP contribution in [0.3, 0.4) is 0 Å². The van der Waals surface area contributed by atoms with Crippen molar-refractivity contribution < 1.29 is 4.79 Å². The summed E-state index contributed by atoms with van der Waals surface area (Å²) in [5, 5.41) is 3.38. The van der Waals surface area contributed by atoms with Crippen molar-refractivity contribution in [1.29, 1.82) is 0 Å². The first kappa shape index (κ1) is 13.8. The van der Waals surface area contributed by atoms with E-state index in [1.807, 2.05) is 16.7 Å². The molecule has 1 aliphatic heterocycles. The van der Waals surface area contributed by atoms with Crippen LogP contribution in [-0.4, -0.2) is 41.1 Å². The van der Waals surface area contributed by atoms with Gasteiger partial charge in [0.1, 0.15) is 0 Å². The summed E-state index contributed by atoms with van der Waals surface area (Å²) in [4.78, 5) is 14.2. The molecule has 3 atom stereocenters. The van der Waals surface area contributed by atoms with Crippen molar-refractivity contribution in [3.63, 3.8) is 0 Å². The van der Waals surface area contributed by atoms with E-state index in [9.17, 15) is 4.79 Å². The number of thioether (sulfide) groups is 1. The molecule has 1 aliphatic rings. The maximum Gasteiger partial charge on any atom is 0.241 e. The van der Waals surface area contributed by atoms with Gasteiger partial charge in [-0.05, 0) is 38.2 Å². The molecule has 1 heterocycles. The third-order valence-corrected chi connectivity index (χ3v) is 3.88. The van der Waals surface area contributed by atoms with Gasteiger partial charge < -0.3 is 4.90 Å². The Morgan fingerprint density at radius 3 is 2.50 bits per heavy atom. The lowest BCUT2D eigenvalue weighted by Crippen LogP contribution is -2.41. The summed E-state index contributed by atoms with van der Waals surface area (Å²) in [5.41, 5.74) is 0. The molecule has 0 aromatic carbocycles. The van der Waals surface area contributed by atoms with Gasteiger partial charge in [-0.25, -0.2) is 0 Å². The Kier molecular flexibility index (Phi) is 5.12. The first-order valence-corrected chi connectivity index (χ1v) is 7.45. The summed E-state index contributed by atoms with van der Waals surface area (Å²) in [6, 6.07) is 0.345. The summed E-state index contributed by atoms with van der Waals surface area (Å²) in [6.07, 6.45) is 3.36. The first-order chi connectivity index (χ1) is 7.49. The molecule has 0 radical (unpaired) electrons. The van der Waals surface area contributed by atoms with Crippen LogP contribution in [0.1, 0.15) is 34.1 Å². The Morgan fingerprint density at radius 2 is 2.06 bits per heavy atom. The zero-order chi connectivity index (χ0) is 12.3. The topological polar surface area (TPSA) is 32.3 Å². The molecule has 0 aromatic heterocycles. The summed E-state index contributed by atoms with van der Waals surface area (Å²) < 4.78 is 0. The van der Waals surface area contributed by atoms with E-state index < -0.39 is 0 Å². The smallest absolute Gasteiger partial charge is 0.241 e. The van der Waals surface area contributed by atoms with Gasteiger partial charge in [-0.3, -0.25) is 10.1 Å². The molecule has 1 amide bonds. The van der Waals surface area contributed by atoms with Gasteiger partial charge in [0.25, 0.3) is 0 Å². The van der Waals surface area contributed by atoms with E-state index in [2.05, 4.69) is 39.3 Å².